The molecule has 3 rings (SSSR count). The predicted molar refractivity (Wildman–Crippen MR) is 99.1 cm³/mol. The fourth-order valence-corrected chi connectivity index (χ4v) is 2.71. The Hall–Kier alpha value is -3.15. The van der Waals surface area contributed by atoms with Gasteiger partial charge in [0.1, 0.15) is 5.56 Å². The van der Waals surface area contributed by atoms with E-state index in [9.17, 15) is 9.59 Å². The van der Waals surface area contributed by atoms with Gasteiger partial charge in [-0.3, -0.25) is 14.6 Å². The average Bonchev–Trinajstić information content (AvgIpc) is 2.61. The van der Waals surface area contributed by atoms with Crippen molar-refractivity contribution in [3.63, 3.8) is 0 Å². The van der Waals surface area contributed by atoms with E-state index in [4.69, 9.17) is 0 Å². The van der Waals surface area contributed by atoms with Crippen LogP contribution < -0.4 is 16.1 Å². The molecular weight excluding hydrogens is 316 g/mol. The third kappa shape index (κ3) is 3.52. The Balaban J connectivity index is 1.66. The van der Waals surface area contributed by atoms with Gasteiger partial charge >= 0.3 is 0 Å². The highest BCUT2D eigenvalue weighted by molar-refractivity contribution is 5.97. The second kappa shape index (κ2) is 7.17. The Bertz CT molecular complexity index is 979. The molecule has 0 spiro atoms. The molecule has 1 aromatic carbocycles. The first-order chi connectivity index (χ1) is 12.1. The summed E-state index contributed by atoms with van der Waals surface area (Å²) in [6, 6.07) is 7.35. The van der Waals surface area contributed by atoms with Crippen LogP contribution in [0.4, 0.5) is 5.69 Å². The Morgan fingerprint density at radius 2 is 2.00 bits per heavy atom. The third-order valence-corrected chi connectivity index (χ3v) is 4.11. The van der Waals surface area contributed by atoms with Gasteiger partial charge in [0.25, 0.3) is 5.91 Å². The number of aromatic amines is 1. The molecule has 128 valence electrons. The number of rotatable bonds is 5. The lowest BCUT2D eigenvalue weighted by molar-refractivity contribution is 0.0954. The van der Waals surface area contributed by atoms with Crippen molar-refractivity contribution in [1.82, 2.24) is 15.3 Å². The fourth-order valence-electron chi connectivity index (χ4n) is 2.71. The smallest absolute Gasteiger partial charge is 0.256 e. The summed E-state index contributed by atoms with van der Waals surface area (Å²) in [5.74, 6) is -0.377. The van der Waals surface area contributed by atoms with Crippen molar-refractivity contribution in [2.45, 2.75) is 13.8 Å². The number of carbonyl (C=O) groups excluding carboxylic acids is 1. The van der Waals surface area contributed by atoms with Gasteiger partial charge in [-0.1, -0.05) is 12.1 Å². The number of hydrogen-bond donors (Lipinski definition) is 3. The van der Waals surface area contributed by atoms with Crippen LogP contribution in [0.5, 0.6) is 0 Å². The van der Waals surface area contributed by atoms with E-state index in [-0.39, 0.29) is 16.9 Å². The number of hydrogen-bond acceptors (Lipinski definition) is 4. The molecule has 0 aliphatic rings. The lowest BCUT2D eigenvalue weighted by Crippen LogP contribution is -2.32. The lowest BCUT2D eigenvalue weighted by Gasteiger charge is -2.10. The van der Waals surface area contributed by atoms with Gasteiger partial charge < -0.3 is 15.6 Å². The summed E-state index contributed by atoms with van der Waals surface area (Å²) < 4.78 is 0. The van der Waals surface area contributed by atoms with Gasteiger partial charge in [-0.15, -0.1) is 0 Å². The minimum Gasteiger partial charge on any atom is -0.383 e. The number of H-pyrrole nitrogens is 1. The van der Waals surface area contributed by atoms with Crippen LogP contribution in [-0.4, -0.2) is 29.0 Å². The van der Waals surface area contributed by atoms with E-state index in [1.807, 2.05) is 32.0 Å². The maximum Gasteiger partial charge on any atom is 0.256 e. The summed E-state index contributed by atoms with van der Waals surface area (Å²) in [6.07, 6.45) is 4.97. The van der Waals surface area contributed by atoms with Crippen LogP contribution in [0.15, 0.2) is 47.7 Å². The molecule has 0 radical (unpaired) electrons. The molecule has 2 aromatic heterocycles. The molecule has 6 heteroatoms. The molecular formula is C19H20N4O2. The highest BCUT2D eigenvalue weighted by atomic mass is 16.2. The van der Waals surface area contributed by atoms with Crippen LogP contribution in [0.3, 0.4) is 0 Å². The number of anilines is 1. The number of aryl methyl sites for hydroxylation is 2. The number of nitrogens with one attached hydrogen (secondary N) is 3. The Morgan fingerprint density at radius 1 is 1.16 bits per heavy atom. The van der Waals surface area contributed by atoms with Crippen molar-refractivity contribution < 1.29 is 4.79 Å². The molecule has 0 fully saturated rings. The van der Waals surface area contributed by atoms with Crippen molar-refractivity contribution in [2.24, 2.45) is 0 Å². The zero-order chi connectivity index (χ0) is 17.8. The summed E-state index contributed by atoms with van der Waals surface area (Å²) in [5, 5.41) is 6.53. The van der Waals surface area contributed by atoms with Crippen molar-refractivity contribution in [2.75, 3.05) is 18.4 Å². The number of benzene rings is 1. The first kappa shape index (κ1) is 16.7. The highest BCUT2D eigenvalue weighted by Crippen LogP contribution is 2.13. The molecule has 3 aromatic rings. The van der Waals surface area contributed by atoms with Crippen LogP contribution >= 0.6 is 0 Å². The fraction of sp³-hybridized carbons (Fsp3) is 0.211. The quantitative estimate of drug-likeness (QED) is 0.624. The molecule has 25 heavy (non-hydrogen) atoms. The predicted octanol–water partition coefficient (Wildman–Crippen LogP) is 2.38. The number of amides is 1. The van der Waals surface area contributed by atoms with Crippen LogP contribution in [0.1, 0.15) is 21.5 Å². The molecule has 1 amide bonds. The van der Waals surface area contributed by atoms with Crippen LogP contribution in [0.2, 0.25) is 0 Å². The van der Waals surface area contributed by atoms with Crippen LogP contribution in [0, 0.1) is 13.8 Å². The summed E-state index contributed by atoms with van der Waals surface area (Å²) in [5.41, 5.74) is 3.61. The van der Waals surface area contributed by atoms with Crippen molar-refractivity contribution in [1.29, 1.82) is 0 Å². The molecule has 0 aliphatic heterocycles. The molecule has 0 saturated heterocycles. The van der Waals surface area contributed by atoms with E-state index in [0.717, 1.165) is 22.3 Å². The molecule has 6 nitrogen and oxygen atoms in total. The number of pyridine rings is 2. The molecule has 2 heterocycles. The van der Waals surface area contributed by atoms with Gasteiger partial charge in [-0.25, -0.2) is 0 Å². The minimum atomic E-state index is -0.377. The van der Waals surface area contributed by atoms with E-state index >= 15 is 0 Å². The Morgan fingerprint density at radius 3 is 2.80 bits per heavy atom. The Kier molecular flexibility index (Phi) is 4.79. The molecule has 0 bridgehead atoms. The number of carbonyl (C=O) groups is 1. The van der Waals surface area contributed by atoms with E-state index in [1.54, 1.807) is 18.5 Å². The van der Waals surface area contributed by atoms with E-state index in [1.165, 1.54) is 6.20 Å². The number of para-hydroxylation sites is 1. The molecule has 3 N–H and O–H groups in total. The van der Waals surface area contributed by atoms with Crippen LogP contribution in [0.25, 0.3) is 10.9 Å². The zero-order valence-electron chi connectivity index (χ0n) is 14.2. The van der Waals surface area contributed by atoms with Crippen LogP contribution in [-0.2, 0) is 0 Å². The van der Waals surface area contributed by atoms with Gasteiger partial charge in [0, 0.05) is 42.8 Å². The van der Waals surface area contributed by atoms with Gasteiger partial charge in [0.15, 0.2) is 0 Å². The molecule has 0 unspecified atom stereocenters. The Labute approximate surface area is 145 Å². The van der Waals surface area contributed by atoms with Gasteiger partial charge in [0.05, 0.1) is 5.52 Å². The van der Waals surface area contributed by atoms with Gasteiger partial charge in [0.2, 0.25) is 5.43 Å². The normalized spacial score (nSPS) is 10.6. The van der Waals surface area contributed by atoms with Crippen molar-refractivity contribution in [3.05, 3.63) is 69.8 Å². The number of aromatic nitrogens is 2. The van der Waals surface area contributed by atoms with Crippen molar-refractivity contribution >= 4 is 22.5 Å². The average molecular weight is 336 g/mol. The monoisotopic (exact) mass is 336 g/mol. The minimum absolute atomic E-state index is 0.123. The first-order valence-electron chi connectivity index (χ1n) is 8.11. The summed E-state index contributed by atoms with van der Waals surface area (Å²) >= 11 is 0. The third-order valence-electron chi connectivity index (χ3n) is 4.11. The number of nitrogens with zero attached hydrogens (tertiary/aromatic N) is 1. The maximum atomic E-state index is 12.5. The molecule has 0 saturated carbocycles. The van der Waals surface area contributed by atoms with Crippen molar-refractivity contribution in [3.8, 4) is 0 Å². The van der Waals surface area contributed by atoms with Gasteiger partial charge in [-0.05, 0) is 37.1 Å². The largest absolute Gasteiger partial charge is 0.383 e. The maximum absolute atomic E-state index is 12.5. The first-order valence-corrected chi connectivity index (χ1v) is 8.11. The van der Waals surface area contributed by atoms with E-state index in [0.29, 0.717) is 18.5 Å². The topological polar surface area (TPSA) is 86.9 Å². The molecule has 0 aliphatic carbocycles. The second-order valence-corrected chi connectivity index (χ2v) is 5.90. The number of fused-ring (bicyclic) bond motifs is 1. The van der Waals surface area contributed by atoms with Gasteiger partial charge in [-0.2, -0.15) is 0 Å². The lowest BCUT2D eigenvalue weighted by atomic mass is 10.1. The van der Waals surface area contributed by atoms with E-state index in [2.05, 4.69) is 20.6 Å². The van der Waals surface area contributed by atoms with E-state index < -0.39 is 0 Å². The summed E-state index contributed by atoms with van der Waals surface area (Å²) in [6.45, 7) is 4.85. The molecule has 0 atom stereocenters. The SMILES string of the molecule is Cc1cnccc1NCCNC(=O)c1c[nH]c2c(C)cccc2c1=O. The standard InChI is InChI=1S/C19H20N4O2/c1-12-4-3-5-14-17(12)23-11-15(18(14)24)19(25)22-9-8-21-16-6-7-20-10-13(16)2/h3-7,10-11H,8-9H2,1-2H3,(H,20,21)(H,22,25)(H,23,24). The zero-order valence-corrected chi connectivity index (χ0v) is 14.2. The summed E-state index contributed by atoms with van der Waals surface area (Å²) in [7, 11) is 0. The highest BCUT2D eigenvalue weighted by Gasteiger charge is 2.13. The second-order valence-electron chi connectivity index (χ2n) is 5.90. The summed E-state index contributed by atoms with van der Waals surface area (Å²) in [4.78, 5) is 31.9.